The first-order valence-electron chi connectivity index (χ1n) is 7.64. The largest absolute Gasteiger partial charge is 0.497 e. The maximum absolute atomic E-state index is 10.7. The number of nitro groups is 1. The molecule has 0 unspecified atom stereocenters. The van der Waals surface area contributed by atoms with E-state index in [1.54, 1.807) is 20.3 Å². The Labute approximate surface area is 151 Å². The standard InChI is InChI=1S/C17H20ClN3O4/c1-24-14-5-3-12(17(10-14)25-2)11-19-7-8-20-16-6-4-13(21(22)23)9-15(16)18/h3-6,9-10,19-20H,7-8,11H2,1-2H3. The minimum Gasteiger partial charge on any atom is -0.497 e. The molecule has 0 aromatic heterocycles. The minimum atomic E-state index is -0.473. The van der Waals surface area contributed by atoms with E-state index < -0.39 is 4.92 Å². The Morgan fingerprint density at radius 3 is 2.56 bits per heavy atom. The summed E-state index contributed by atoms with van der Waals surface area (Å²) in [6, 6.07) is 10.0. The molecule has 0 heterocycles. The van der Waals surface area contributed by atoms with Gasteiger partial charge >= 0.3 is 0 Å². The number of anilines is 1. The quantitative estimate of drug-likeness (QED) is 0.402. The predicted octanol–water partition coefficient (Wildman–Crippen LogP) is 3.47. The van der Waals surface area contributed by atoms with Gasteiger partial charge in [0.1, 0.15) is 11.5 Å². The van der Waals surface area contributed by atoms with Gasteiger partial charge in [-0.25, -0.2) is 0 Å². The van der Waals surface area contributed by atoms with Gasteiger partial charge in [-0.1, -0.05) is 17.7 Å². The fraction of sp³-hybridized carbons (Fsp3) is 0.294. The van der Waals surface area contributed by atoms with Gasteiger partial charge in [-0.2, -0.15) is 0 Å². The van der Waals surface area contributed by atoms with Crippen molar-refractivity contribution >= 4 is 23.0 Å². The van der Waals surface area contributed by atoms with Gasteiger partial charge in [-0.15, -0.1) is 0 Å². The number of benzene rings is 2. The van der Waals surface area contributed by atoms with Crippen molar-refractivity contribution in [3.05, 3.63) is 57.1 Å². The summed E-state index contributed by atoms with van der Waals surface area (Å²) in [5.74, 6) is 1.51. The van der Waals surface area contributed by atoms with Gasteiger partial charge < -0.3 is 20.1 Å². The molecule has 2 aromatic rings. The molecule has 134 valence electrons. The molecule has 0 aliphatic rings. The van der Waals surface area contributed by atoms with Gasteiger partial charge in [0.2, 0.25) is 0 Å². The van der Waals surface area contributed by atoms with Crippen LogP contribution in [-0.4, -0.2) is 32.2 Å². The summed E-state index contributed by atoms with van der Waals surface area (Å²) in [5.41, 5.74) is 1.66. The topological polar surface area (TPSA) is 85.7 Å². The molecule has 0 radical (unpaired) electrons. The van der Waals surface area contributed by atoms with Crippen LogP contribution in [-0.2, 0) is 6.54 Å². The molecule has 0 aliphatic carbocycles. The summed E-state index contributed by atoms with van der Waals surface area (Å²) in [4.78, 5) is 10.2. The van der Waals surface area contributed by atoms with Crippen molar-refractivity contribution in [3.8, 4) is 11.5 Å². The lowest BCUT2D eigenvalue weighted by molar-refractivity contribution is -0.384. The van der Waals surface area contributed by atoms with Crippen molar-refractivity contribution in [1.82, 2.24) is 5.32 Å². The second-order valence-corrected chi connectivity index (χ2v) is 5.61. The predicted molar refractivity (Wildman–Crippen MR) is 97.8 cm³/mol. The van der Waals surface area contributed by atoms with Crippen molar-refractivity contribution in [2.75, 3.05) is 32.6 Å². The van der Waals surface area contributed by atoms with Crippen molar-refractivity contribution in [1.29, 1.82) is 0 Å². The molecule has 2 rings (SSSR count). The van der Waals surface area contributed by atoms with E-state index in [1.807, 2.05) is 18.2 Å². The Bertz CT molecular complexity index is 740. The van der Waals surface area contributed by atoms with Crippen molar-refractivity contribution < 1.29 is 14.4 Å². The third-order valence-electron chi connectivity index (χ3n) is 3.59. The van der Waals surface area contributed by atoms with Crippen LogP contribution in [0.3, 0.4) is 0 Å². The Morgan fingerprint density at radius 2 is 1.92 bits per heavy atom. The van der Waals surface area contributed by atoms with E-state index in [9.17, 15) is 10.1 Å². The Morgan fingerprint density at radius 1 is 1.12 bits per heavy atom. The zero-order valence-electron chi connectivity index (χ0n) is 14.0. The molecule has 2 N–H and O–H groups in total. The number of nitro benzene ring substituents is 1. The average Bonchev–Trinajstić information content (AvgIpc) is 2.62. The van der Waals surface area contributed by atoms with Crippen LogP contribution in [0.4, 0.5) is 11.4 Å². The molecule has 0 saturated carbocycles. The van der Waals surface area contributed by atoms with Crippen LogP contribution in [0.2, 0.25) is 5.02 Å². The first-order chi connectivity index (χ1) is 12.0. The molecule has 8 heteroatoms. The van der Waals surface area contributed by atoms with Crippen molar-refractivity contribution in [3.63, 3.8) is 0 Å². The normalized spacial score (nSPS) is 10.4. The highest BCUT2D eigenvalue weighted by atomic mass is 35.5. The minimum absolute atomic E-state index is 0.0275. The molecule has 25 heavy (non-hydrogen) atoms. The zero-order chi connectivity index (χ0) is 18.2. The number of halogens is 1. The van der Waals surface area contributed by atoms with Gasteiger partial charge in [0.25, 0.3) is 5.69 Å². The number of non-ortho nitro benzene ring substituents is 1. The summed E-state index contributed by atoms with van der Waals surface area (Å²) in [7, 11) is 3.23. The van der Waals surface area contributed by atoms with E-state index >= 15 is 0 Å². The smallest absolute Gasteiger partial charge is 0.271 e. The lowest BCUT2D eigenvalue weighted by Gasteiger charge is -2.12. The molecule has 0 spiro atoms. The Balaban J connectivity index is 1.81. The Hall–Kier alpha value is -2.51. The molecular weight excluding hydrogens is 346 g/mol. The van der Waals surface area contributed by atoms with E-state index in [-0.39, 0.29) is 5.69 Å². The van der Waals surface area contributed by atoms with E-state index in [1.165, 1.54) is 12.1 Å². The SMILES string of the molecule is COc1ccc(CNCCNc2ccc([N+](=O)[O-])cc2Cl)c(OC)c1. The van der Waals surface area contributed by atoms with Crippen LogP contribution in [0.15, 0.2) is 36.4 Å². The maximum atomic E-state index is 10.7. The number of methoxy groups -OCH3 is 2. The van der Waals surface area contributed by atoms with Gasteiger partial charge in [0.05, 0.1) is 29.9 Å². The highest BCUT2D eigenvalue weighted by Gasteiger charge is 2.09. The van der Waals surface area contributed by atoms with Crippen molar-refractivity contribution in [2.24, 2.45) is 0 Å². The first-order valence-corrected chi connectivity index (χ1v) is 8.02. The first kappa shape index (κ1) is 18.8. The number of rotatable bonds is 9. The summed E-state index contributed by atoms with van der Waals surface area (Å²) >= 11 is 6.03. The third-order valence-corrected chi connectivity index (χ3v) is 3.90. The van der Waals surface area contributed by atoms with Crippen LogP contribution in [0.25, 0.3) is 0 Å². The van der Waals surface area contributed by atoms with Gasteiger partial charge in [0.15, 0.2) is 0 Å². The maximum Gasteiger partial charge on any atom is 0.271 e. The molecule has 2 aromatic carbocycles. The van der Waals surface area contributed by atoms with Crippen LogP contribution in [0, 0.1) is 10.1 Å². The van der Waals surface area contributed by atoms with Gasteiger partial charge in [0, 0.05) is 43.4 Å². The molecule has 0 saturated heterocycles. The lowest BCUT2D eigenvalue weighted by Crippen LogP contribution is -2.22. The number of ether oxygens (including phenoxy) is 2. The zero-order valence-corrected chi connectivity index (χ0v) is 14.8. The van der Waals surface area contributed by atoms with Gasteiger partial charge in [-0.05, 0) is 12.1 Å². The molecule has 0 fully saturated rings. The highest BCUT2D eigenvalue weighted by molar-refractivity contribution is 6.33. The number of nitrogens with one attached hydrogen (secondary N) is 2. The van der Waals surface area contributed by atoms with E-state index in [0.29, 0.717) is 30.3 Å². The third kappa shape index (κ3) is 5.23. The summed E-state index contributed by atoms with van der Waals surface area (Å²) < 4.78 is 10.5. The average molecular weight is 366 g/mol. The lowest BCUT2D eigenvalue weighted by atomic mass is 10.2. The summed E-state index contributed by atoms with van der Waals surface area (Å²) in [6.45, 7) is 1.95. The second kappa shape index (κ2) is 9.10. The number of nitrogens with zero attached hydrogens (tertiary/aromatic N) is 1. The number of hydrogen-bond donors (Lipinski definition) is 2. The second-order valence-electron chi connectivity index (χ2n) is 5.20. The fourth-order valence-corrected chi connectivity index (χ4v) is 2.51. The van der Waals surface area contributed by atoms with Crippen LogP contribution >= 0.6 is 11.6 Å². The van der Waals surface area contributed by atoms with E-state index in [4.69, 9.17) is 21.1 Å². The molecule has 0 atom stereocenters. The van der Waals surface area contributed by atoms with Crippen LogP contribution < -0.4 is 20.1 Å². The van der Waals surface area contributed by atoms with Crippen LogP contribution in [0.5, 0.6) is 11.5 Å². The van der Waals surface area contributed by atoms with Gasteiger partial charge in [-0.3, -0.25) is 10.1 Å². The van der Waals surface area contributed by atoms with E-state index in [2.05, 4.69) is 10.6 Å². The van der Waals surface area contributed by atoms with E-state index in [0.717, 1.165) is 17.1 Å². The number of hydrogen-bond acceptors (Lipinski definition) is 6. The summed E-state index contributed by atoms with van der Waals surface area (Å²) in [6.07, 6.45) is 0. The molecule has 0 amide bonds. The molecule has 0 bridgehead atoms. The Kier molecular flexibility index (Phi) is 6.85. The molecule has 0 aliphatic heterocycles. The fourth-order valence-electron chi connectivity index (χ4n) is 2.27. The van der Waals surface area contributed by atoms with Crippen LogP contribution in [0.1, 0.15) is 5.56 Å². The summed E-state index contributed by atoms with van der Waals surface area (Å²) in [5, 5.41) is 17.5. The highest BCUT2D eigenvalue weighted by Crippen LogP contribution is 2.26. The van der Waals surface area contributed by atoms with Crippen molar-refractivity contribution in [2.45, 2.75) is 6.54 Å². The molecule has 7 nitrogen and oxygen atoms in total. The molecular formula is C17H20ClN3O4. The monoisotopic (exact) mass is 365 g/mol.